The topological polar surface area (TPSA) is 53.0 Å². The molecule has 3 nitrogen and oxygen atoms in total. The fourth-order valence-electron chi connectivity index (χ4n) is 6.59. The van der Waals surface area contributed by atoms with E-state index in [9.17, 15) is 10.2 Å². The third-order valence-electron chi connectivity index (χ3n) is 7.88. The quantitative estimate of drug-likeness (QED) is 0.576. The summed E-state index contributed by atoms with van der Waals surface area (Å²) < 4.78 is 5.56. The van der Waals surface area contributed by atoms with Crippen LogP contribution in [0.3, 0.4) is 0 Å². The van der Waals surface area contributed by atoms with Crippen LogP contribution in [0.15, 0.2) is 11.6 Å². The summed E-state index contributed by atoms with van der Waals surface area (Å²) in [7, 11) is 0. The molecule has 0 bridgehead atoms. The monoisotopic (exact) mass is 320 g/mol. The molecule has 4 aliphatic rings. The standard InChI is InChI=1S/C20H32O3/c1-18(2)8-7-15(22)20(4)14(18)6-5-12-9-19(3,16-11-23-16)10-13(21)17(12)20/h9,13-17,21-22H,5-8,10-11H2,1-4H3/t13-,14-,15+,16-,17+,19+,20+/m0/s1. The van der Waals surface area contributed by atoms with Gasteiger partial charge in [-0.1, -0.05) is 39.3 Å². The van der Waals surface area contributed by atoms with Crippen molar-refractivity contribution < 1.29 is 14.9 Å². The molecule has 0 spiro atoms. The second kappa shape index (κ2) is 4.83. The van der Waals surface area contributed by atoms with Gasteiger partial charge in [-0.2, -0.15) is 0 Å². The fourth-order valence-corrected chi connectivity index (χ4v) is 6.59. The van der Waals surface area contributed by atoms with Crippen LogP contribution in [-0.2, 0) is 4.74 Å². The highest BCUT2D eigenvalue weighted by molar-refractivity contribution is 5.28. The zero-order valence-corrected chi connectivity index (χ0v) is 15.0. The Bertz CT molecular complexity index is 535. The fraction of sp³-hybridized carbons (Fsp3) is 0.900. The summed E-state index contributed by atoms with van der Waals surface area (Å²) in [6.45, 7) is 10.0. The number of ether oxygens (including phenoxy) is 1. The van der Waals surface area contributed by atoms with Gasteiger partial charge in [0.05, 0.1) is 24.9 Å². The Morgan fingerprint density at radius 2 is 1.83 bits per heavy atom. The van der Waals surface area contributed by atoms with Crippen molar-refractivity contribution in [1.29, 1.82) is 0 Å². The number of aliphatic hydroxyl groups is 2. The summed E-state index contributed by atoms with van der Waals surface area (Å²) in [5.41, 5.74) is 1.41. The molecule has 4 rings (SSSR count). The second-order valence-electron chi connectivity index (χ2n) is 9.80. The zero-order valence-electron chi connectivity index (χ0n) is 15.0. The molecular weight excluding hydrogens is 288 g/mol. The minimum Gasteiger partial charge on any atom is -0.393 e. The van der Waals surface area contributed by atoms with Crippen LogP contribution in [-0.4, -0.2) is 35.1 Å². The van der Waals surface area contributed by atoms with Crippen molar-refractivity contribution in [3.05, 3.63) is 11.6 Å². The number of hydrogen-bond donors (Lipinski definition) is 2. The molecule has 2 saturated carbocycles. The first-order valence-corrected chi connectivity index (χ1v) is 9.38. The minimum atomic E-state index is -0.361. The Morgan fingerprint density at radius 1 is 1.13 bits per heavy atom. The molecule has 3 heteroatoms. The molecule has 0 amide bonds. The van der Waals surface area contributed by atoms with Crippen LogP contribution in [0, 0.1) is 28.1 Å². The summed E-state index contributed by atoms with van der Waals surface area (Å²) in [5, 5.41) is 22.0. The Labute approximate surface area is 140 Å². The van der Waals surface area contributed by atoms with Crippen molar-refractivity contribution in [2.45, 2.75) is 78.1 Å². The molecule has 2 N–H and O–H groups in total. The molecule has 1 saturated heterocycles. The summed E-state index contributed by atoms with van der Waals surface area (Å²) in [6, 6.07) is 0. The molecule has 0 unspecified atom stereocenters. The van der Waals surface area contributed by atoms with E-state index in [1.807, 2.05) is 0 Å². The molecule has 3 aliphatic carbocycles. The lowest BCUT2D eigenvalue weighted by molar-refractivity contribution is -0.165. The van der Waals surface area contributed by atoms with E-state index in [2.05, 4.69) is 33.8 Å². The van der Waals surface area contributed by atoms with Crippen LogP contribution in [0.25, 0.3) is 0 Å². The number of hydrogen-bond acceptors (Lipinski definition) is 3. The van der Waals surface area contributed by atoms with E-state index in [0.717, 1.165) is 38.7 Å². The molecule has 0 aromatic heterocycles. The van der Waals surface area contributed by atoms with E-state index in [0.29, 0.717) is 5.92 Å². The molecule has 3 fully saturated rings. The van der Waals surface area contributed by atoms with Gasteiger partial charge in [-0.05, 0) is 43.4 Å². The lowest BCUT2D eigenvalue weighted by Gasteiger charge is -2.62. The van der Waals surface area contributed by atoms with Gasteiger partial charge in [0.25, 0.3) is 0 Å². The van der Waals surface area contributed by atoms with Gasteiger partial charge >= 0.3 is 0 Å². The molecule has 130 valence electrons. The third kappa shape index (κ3) is 2.19. The Balaban J connectivity index is 1.76. The van der Waals surface area contributed by atoms with E-state index in [4.69, 9.17) is 4.74 Å². The first kappa shape index (κ1) is 16.1. The highest BCUT2D eigenvalue weighted by Crippen LogP contribution is 2.64. The summed E-state index contributed by atoms with van der Waals surface area (Å²) in [4.78, 5) is 0. The maximum atomic E-state index is 11.1. The minimum absolute atomic E-state index is 0.0242. The van der Waals surface area contributed by atoms with Crippen molar-refractivity contribution in [2.24, 2.45) is 28.1 Å². The second-order valence-corrected chi connectivity index (χ2v) is 9.80. The van der Waals surface area contributed by atoms with Crippen molar-refractivity contribution in [3.63, 3.8) is 0 Å². The molecule has 0 aromatic carbocycles. The van der Waals surface area contributed by atoms with Gasteiger partial charge in [0.2, 0.25) is 0 Å². The van der Waals surface area contributed by atoms with Crippen LogP contribution in [0.5, 0.6) is 0 Å². The van der Waals surface area contributed by atoms with Crippen LogP contribution >= 0.6 is 0 Å². The highest BCUT2D eigenvalue weighted by Gasteiger charge is 2.61. The maximum absolute atomic E-state index is 11.1. The van der Waals surface area contributed by atoms with Gasteiger partial charge in [-0.15, -0.1) is 0 Å². The van der Waals surface area contributed by atoms with Crippen LogP contribution in [0.2, 0.25) is 0 Å². The van der Waals surface area contributed by atoms with Gasteiger partial charge in [0.1, 0.15) is 0 Å². The Kier molecular flexibility index (Phi) is 3.38. The number of fused-ring (bicyclic) bond motifs is 3. The van der Waals surface area contributed by atoms with E-state index >= 15 is 0 Å². The smallest absolute Gasteiger partial charge is 0.0898 e. The number of rotatable bonds is 1. The first-order valence-electron chi connectivity index (χ1n) is 9.38. The lowest BCUT2D eigenvalue weighted by Crippen LogP contribution is -2.60. The van der Waals surface area contributed by atoms with Crippen LogP contribution < -0.4 is 0 Å². The summed E-state index contributed by atoms with van der Waals surface area (Å²) >= 11 is 0. The van der Waals surface area contributed by atoms with Crippen molar-refractivity contribution in [1.82, 2.24) is 0 Å². The Hall–Kier alpha value is -0.380. The van der Waals surface area contributed by atoms with Gasteiger partial charge in [-0.25, -0.2) is 0 Å². The van der Waals surface area contributed by atoms with E-state index in [1.54, 1.807) is 0 Å². The first-order chi connectivity index (χ1) is 10.7. The van der Waals surface area contributed by atoms with Crippen molar-refractivity contribution in [2.75, 3.05) is 6.61 Å². The van der Waals surface area contributed by atoms with E-state index < -0.39 is 0 Å². The Morgan fingerprint density at radius 3 is 2.48 bits per heavy atom. The third-order valence-corrected chi connectivity index (χ3v) is 7.88. The molecular formula is C20H32O3. The lowest BCUT2D eigenvalue weighted by atomic mass is 9.44. The van der Waals surface area contributed by atoms with Gasteiger partial charge in [0, 0.05) is 16.7 Å². The highest BCUT2D eigenvalue weighted by atomic mass is 16.6. The van der Waals surface area contributed by atoms with Gasteiger partial charge in [-0.3, -0.25) is 0 Å². The SMILES string of the molecule is CC1(C)CC[C@@H](O)[C@]2(C)[C@@H]3C(=C[C@@](C)([C@@H]4CO4)C[C@@H]3O)CC[C@@H]12. The van der Waals surface area contributed by atoms with Crippen LogP contribution in [0.1, 0.15) is 59.8 Å². The molecule has 1 heterocycles. The molecule has 7 atom stereocenters. The molecule has 23 heavy (non-hydrogen) atoms. The number of aliphatic hydroxyl groups excluding tert-OH is 2. The zero-order chi connectivity index (χ0) is 16.6. The molecule has 0 aromatic rings. The summed E-state index contributed by atoms with van der Waals surface area (Å²) in [5.74, 6) is 0.597. The summed E-state index contributed by atoms with van der Waals surface area (Å²) in [6.07, 6.45) is 6.95. The van der Waals surface area contributed by atoms with Crippen LogP contribution in [0.4, 0.5) is 0 Å². The average Bonchev–Trinajstić information content (AvgIpc) is 3.27. The predicted octanol–water partition coefficient (Wildman–Crippen LogP) is 3.30. The average molecular weight is 320 g/mol. The van der Waals surface area contributed by atoms with Crippen molar-refractivity contribution >= 4 is 0 Å². The van der Waals surface area contributed by atoms with Gasteiger partial charge < -0.3 is 14.9 Å². The van der Waals surface area contributed by atoms with Gasteiger partial charge in [0.15, 0.2) is 0 Å². The maximum Gasteiger partial charge on any atom is 0.0898 e. The van der Waals surface area contributed by atoms with E-state index in [1.165, 1.54) is 5.57 Å². The normalized spacial score (nSPS) is 54.7. The van der Waals surface area contributed by atoms with Crippen molar-refractivity contribution in [3.8, 4) is 0 Å². The molecule has 1 aliphatic heterocycles. The largest absolute Gasteiger partial charge is 0.393 e. The van der Waals surface area contributed by atoms with E-state index in [-0.39, 0.29) is 40.5 Å². The molecule has 0 radical (unpaired) electrons. The number of epoxide rings is 1. The predicted molar refractivity (Wildman–Crippen MR) is 89.9 cm³/mol.